The van der Waals surface area contributed by atoms with Crippen molar-refractivity contribution in [2.45, 2.75) is 19.4 Å². The van der Waals surface area contributed by atoms with Gasteiger partial charge in [0.15, 0.2) is 0 Å². The highest BCUT2D eigenvalue weighted by atomic mass is 16.5. The van der Waals surface area contributed by atoms with E-state index < -0.39 is 0 Å². The van der Waals surface area contributed by atoms with Crippen molar-refractivity contribution in [1.29, 1.82) is 0 Å². The van der Waals surface area contributed by atoms with Gasteiger partial charge in [0, 0.05) is 19.7 Å². The van der Waals surface area contributed by atoms with E-state index in [0.717, 1.165) is 25.1 Å². The largest absolute Gasteiger partial charge is 0.463 e. The summed E-state index contributed by atoms with van der Waals surface area (Å²) in [7, 11) is 1.65. The molecule has 0 aliphatic carbocycles. The first-order valence-corrected chi connectivity index (χ1v) is 4.88. The van der Waals surface area contributed by atoms with Gasteiger partial charge in [-0.05, 0) is 25.5 Å². The fourth-order valence-corrected chi connectivity index (χ4v) is 1.49. The second-order valence-electron chi connectivity index (χ2n) is 3.15. The first-order valence-electron chi connectivity index (χ1n) is 4.88. The van der Waals surface area contributed by atoms with E-state index in [-0.39, 0.29) is 12.1 Å². The molecule has 1 heterocycles. The third-order valence-corrected chi connectivity index (χ3v) is 2.21. The summed E-state index contributed by atoms with van der Waals surface area (Å²) in [5.74, 6) is -0.272. The Hall–Kier alpha value is -0.870. The minimum absolute atomic E-state index is 0.00755. The Bertz CT molecular complexity index is 225. The van der Waals surface area contributed by atoms with E-state index >= 15 is 0 Å². The summed E-state index contributed by atoms with van der Waals surface area (Å²) in [6, 6.07) is 0. The smallest absolute Gasteiger partial charge is 0.330 e. The zero-order valence-corrected chi connectivity index (χ0v) is 8.71. The predicted molar refractivity (Wildman–Crippen MR) is 53.0 cm³/mol. The molecule has 0 saturated carbocycles. The predicted octanol–water partition coefficient (Wildman–Crippen LogP) is 0.484. The van der Waals surface area contributed by atoms with Crippen molar-refractivity contribution in [3.05, 3.63) is 11.6 Å². The van der Waals surface area contributed by atoms with E-state index in [4.69, 9.17) is 9.47 Å². The molecule has 1 unspecified atom stereocenters. The fourth-order valence-electron chi connectivity index (χ4n) is 1.49. The number of carbonyl (C=O) groups is 1. The van der Waals surface area contributed by atoms with Gasteiger partial charge in [0.25, 0.3) is 0 Å². The lowest BCUT2D eigenvalue weighted by Crippen LogP contribution is -2.37. The van der Waals surface area contributed by atoms with Crippen molar-refractivity contribution in [1.82, 2.24) is 5.32 Å². The second-order valence-corrected chi connectivity index (χ2v) is 3.15. The van der Waals surface area contributed by atoms with E-state index in [2.05, 4.69) is 5.32 Å². The molecular weight excluding hydrogens is 182 g/mol. The van der Waals surface area contributed by atoms with E-state index in [1.807, 2.05) is 0 Å². The quantitative estimate of drug-likeness (QED) is 0.530. The maximum atomic E-state index is 11.2. The molecule has 80 valence electrons. The first kappa shape index (κ1) is 11.2. The van der Waals surface area contributed by atoms with Crippen molar-refractivity contribution in [3.63, 3.8) is 0 Å². The Morgan fingerprint density at radius 3 is 3.14 bits per heavy atom. The van der Waals surface area contributed by atoms with Crippen LogP contribution in [0, 0.1) is 0 Å². The highest BCUT2D eigenvalue weighted by Gasteiger charge is 2.18. The summed E-state index contributed by atoms with van der Waals surface area (Å²) in [4.78, 5) is 11.2. The number of nitrogens with one attached hydrogen (secondary N) is 1. The number of ether oxygens (including phenoxy) is 2. The topological polar surface area (TPSA) is 47.6 Å². The average Bonchev–Trinajstić information content (AvgIpc) is 2.19. The van der Waals surface area contributed by atoms with Crippen LogP contribution in [0.4, 0.5) is 0 Å². The van der Waals surface area contributed by atoms with E-state index in [9.17, 15) is 4.79 Å². The van der Waals surface area contributed by atoms with Crippen LogP contribution in [0.25, 0.3) is 0 Å². The van der Waals surface area contributed by atoms with Crippen LogP contribution in [0.3, 0.4) is 0 Å². The molecular formula is C10H17NO3. The van der Waals surface area contributed by atoms with Gasteiger partial charge in [0.05, 0.1) is 12.7 Å². The van der Waals surface area contributed by atoms with Crippen LogP contribution in [0.5, 0.6) is 0 Å². The molecule has 0 aromatic carbocycles. The average molecular weight is 199 g/mol. The van der Waals surface area contributed by atoms with Gasteiger partial charge in [-0.1, -0.05) is 0 Å². The van der Waals surface area contributed by atoms with Crippen LogP contribution >= 0.6 is 0 Å². The van der Waals surface area contributed by atoms with Crippen LogP contribution in [-0.2, 0) is 14.3 Å². The maximum absolute atomic E-state index is 11.2. The molecule has 14 heavy (non-hydrogen) atoms. The molecule has 0 amide bonds. The lowest BCUT2D eigenvalue weighted by Gasteiger charge is -2.24. The van der Waals surface area contributed by atoms with Gasteiger partial charge in [0.2, 0.25) is 0 Å². The van der Waals surface area contributed by atoms with E-state index in [1.54, 1.807) is 20.1 Å². The molecule has 1 aliphatic rings. The van der Waals surface area contributed by atoms with Gasteiger partial charge in [-0.25, -0.2) is 4.79 Å². The number of methoxy groups -OCH3 is 1. The molecule has 0 radical (unpaired) electrons. The molecule has 1 atom stereocenters. The van der Waals surface area contributed by atoms with Gasteiger partial charge < -0.3 is 14.8 Å². The summed E-state index contributed by atoms with van der Waals surface area (Å²) in [6.07, 6.45) is 2.41. The Kier molecular flexibility index (Phi) is 4.62. The lowest BCUT2D eigenvalue weighted by atomic mass is 10.0. The molecule has 1 fully saturated rings. The standard InChI is InChI=1S/C10H17NO3/c1-3-14-10(12)6-8-4-5-11-7-9(8)13-2/h6,9,11H,3-5,7H2,1-2H3/b8-6-. The maximum Gasteiger partial charge on any atom is 0.330 e. The van der Waals surface area contributed by atoms with Crippen molar-refractivity contribution in [3.8, 4) is 0 Å². The number of hydrogen-bond donors (Lipinski definition) is 1. The fraction of sp³-hybridized carbons (Fsp3) is 0.700. The number of esters is 1. The van der Waals surface area contributed by atoms with Crippen LogP contribution in [0.1, 0.15) is 13.3 Å². The molecule has 1 aliphatic heterocycles. The molecule has 0 spiro atoms. The van der Waals surface area contributed by atoms with Gasteiger partial charge in [0.1, 0.15) is 0 Å². The number of carbonyl (C=O) groups excluding carboxylic acids is 1. The van der Waals surface area contributed by atoms with Crippen molar-refractivity contribution in [2.24, 2.45) is 0 Å². The Balaban J connectivity index is 2.57. The third-order valence-electron chi connectivity index (χ3n) is 2.21. The molecule has 4 heteroatoms. The van der Waals surface area contributed by atoms with Gasteiger partial charge in [-0.15, -0.1) is 0 Å². The van der Waals surface area contributed by atoms with Crippen molar-refractivity contribution >= 4 is 5.97 Å². The summed E-state index contributed by atoms with van der Waals surface area (Å²) in [6.45, 7) is 3.87. The molecule has 1 N–H and O–H groups in total. The summed E-state index contributed by atoms with van der Waals surface area (Å²) in [5.41, 5.74) is 1.02. The van der Waals surface area contributed by atoms with Crippen LogP contribution < -0.4 is 5.32 Å². The monoisotopic (exact) mass is 199 g/mol. The SMILES string of the molecule is CCOC(=O)/C=C1/CCNCC1OC. The minimum Gasteiger partial charge on any atom is -0.463 e. The van der Waals surface area contributed by atoms with Crippen molar-refractivity contribution in [2.75, 3.05) is 26.8 Å². The molecule has 0 aromatic heterocycles. The molecule has 0 bridgehead atoms. The Morgan fingerprint density at radius 1 is 1.71 bits per heavy atom. The Morgan fingerprint density at radius 2 is 2.50 bits per heavy atom. The van der Waals surface area contributed by atoms with Gasteiger partial charge in [-0.3, -0.25) is 0 Å². The highest BCUT2D eigenvalue weighted by Crippen LogP contribution is 2.13. The lowest BCUT2D eigenvalue weighted by molar-refractivity contribution is -0.137. The third kappa shape index (κ3) is 3.12. The zero-order chi connectivity index (χ0) is 10.4. The van der Waals surface area contributed by atoms with Crippen LogP contribution in [0.15, 0.2) is 11.6 Å². The summed E-state index contributed by atoms with van der Waals surface area (Å²) in [5, 5.41) is 3.20. The van der Waals surface area contributed by atoms with Gasteiger partial charge >= 0.3 is 5.97 Å². The minimum atomic E-state index is -0.272. The van der Waals surface area contributed by atoms with Gasteiger partial charge in [-0.2, -0.15) is 0 Å². The number of piperidine rings is 1. The van der Waals surface area contributed by atoms with E-state index in [0.29, 0.717) is 6.61 Å². The summed E-state index contributed by atoms with van der Waals surface area (Å²) < 4.78 is 10.1. The van der Waals surface area contributed by atoms with Crippen molar-refractivity contribution < 1.29 is 14.3 Å². The van der Waals surface area contributed by atoms with Crippen LogP contribution in [0.2, 0.25) is 0 Å². The zero-order valence-electron chi connectivity index (χ0n) is 8.71. The number of rotatable bonds is 3. The Labute approximate surface area is 84.3 Å². The number of hydrogen-bond acceptors (Lipinski definition) is 4. The van der Waals surface area contributed by atoms with E-state index in [1.165, 1.54) is 0 Å². The molecule has 4 nitrogen and oxygen atoms in total. The van der Waals surface area contributed by atoms with Crippen LogP contribution in [-0.4, -0.2) is 38.9 Å². The second kappa shape index (κ2) is 5.78. The molecule has 1 rings (SSSR count). The molecule has 1 saturated heterocycles. The molecule has 0 aromatic rings. The summed E-state index contributed by atoms with van der Waals surface area (Å²) >= 11 is 0. The normalized spacial score (nSPS) is 25.0. The highest BCUT2D eigenvalue weighted by molar-refractivity contribution is 5.83. The first-order chi connectivity index (χ1) is 6.77.